The summed E-state index contributed by atoms with van der Waals surface area (Å²) in [6.45, 7) is 2.85. The molecule has 0 saturated carbocycles. The van der Waals surface area contributed by atoms with Gasteiger partial charge in [0.15, 0.2) is 5.78 Å². The molecule has 6 heteroatoms. The van der Waals surface area contributed by atoms with Crippen molar-refractivity contribution in [3.63, 3.8) is 0 Å². The van der Waals surface area contributed by atoms with Crippen LogP contribution in [-0.2, 0) is 25.5 Å². The van der Waals surface area contributed by atoms with Crippen LogP contribution in [0.3, 0.4) is 0 Å². The highest BCUT2D eigenvalue weighted by Gasteiger charge is 2.40. The van der Waals surface area contributed by atoms with E-state index in [2.05, 4.69) is 6.07 Å². The fourth-order valence-electron chi connectivity index (χ4n) is 4.16. The van der Waals surface area contributed by atoms with Gasteiger partial charge in [-0.15, -0.1) is 0 Å². The number of carbonyl (C=O) groups is 2. The fraction of sp³-hybridized carbons (Fsp3) is 0.391. The zero-order valence-corrected chi connectivity index (χ0v) is 16.3. The number of hydrogen-bond donors (Lipinski definition) is 0. The lowest BCUT2D eigenvalue weighted by molar-refractivity contribution is -0.164. The fourth-order valence-corrected chi connectivity index (χ4v) is 4.16. The molecular formula is C23H24FNO4. The number of carbonyl (C=O) groups excluding carboxylic acids is 2. The van der Waals surface area contributed by atoms with Crippen molar-refractivity contribution in [3.8, 4) is 0 Å². The highest BCUT2D eigenvalue weighted by atomic mass is 19.1. The van der Waals surface area contributed by atoms with Crippen molar-refractivity contribution in [2.24, 2.45) is 0 Å². The quantitative estimate of drug-likeness (QED) is 0.796. The second-order valence-corrected chi connectivity index (χ2v) is 7.37. The molecule has 2 heterocycles. The number of rotatable bonds is 4. The predicted molar refractivity (Wildman–Crippen MR) is 105 cm³/mol. The van der Waals surface area contributed by atoms with Crippen LogP contribution in [0, 0.1) is 5.82 Å². The average Bonchev–Trinajstić information content (AvgIpc) is 2.74. The van der Waals surface area contributed by atoms with E-state index in [0.29, 0.717) is 13.2 Å². The monoisotopic (exact) mass is 397 g/mol. The Balaban J connectivity index is 1.62. The Morgan fingerprint density at radius 2 is 1.97 bits per heavy atom. The van der Waals surface area contributed by atoms with E-state index in [1.165, 1.54) is 17.7 Å². The molecule has 0 spiro atoms. The molecule has 0 N–H and O–H groups in total. The minimum absolute atomic E-state index is 0.0117. The summed E-state index contributed by atoms with van der Waals surface area (Å²) >= 11 is 0. The number of nitrogens with zero attached hydrogens (tertiary/aromatic N) is 1. The van der Waals surface area contributed by atoms with Gasteiger partial charge >= 0.3 is 0 Å². The lowest BCUT2D eigenvalue weighted by atomic mass is 9.87. The molecule has 152 valence electrons. The minimum atomic E-state index is -0.813. The normalized spacial score (nSPS) is 24.3. The highest BCUT2D eigenvalue weighted by Crippen LogP contribution is 2.36. The second-order valence-electron chi connectivity index (χ2n) is 7.37. The summed E-state index contributed by atoms with van der Waals surface area (Å²) in [5.41, 5.74) is 3.03. The standard InChI is InChI=1S/C23H24FNO4/c1-2-28-21-14-29-20(13-19(21)26)23(27)25-12-11-15-5-3-4-6-18(15)22(25)16-7-9-17(24)10-8-16/h3-10,20-22H,2,11-14H2,1H3/t20-,21+,22+/m1/s1. The first kappa shape index (κ1) is 19.7. The van der Waals surface area contributed by atoms with E-state index in [-0.39, 0.29) is 36.6 Å². The summed E-state index contributed by atoms with van der Waals surface area (Å²) in [6.07, 6.45) is -0.675. The van der Waals surface area contributed by atoms with Crippen molar-refractivity contribution in [3.05, 3.63) is 71.0 Å². The van der Waals surface area contributed by atoms with Gasteiger partial charge in [0.25, 0.3) is 5.91 Å². The first-order chi connectivity index (χ1) is 14.1. The third-order valence-corrected chi connectivity index (χ3v) is 5.59. The van der Waals surface area contributed by atoms with Gasteiger partial charge in [-0.05, 0) is 42.2 Å². The summed E-state index contributed by atoms with van der Waals surface area (Å²) in [5, 5.41) is 0. The maximum atomic E-state index is 13.5. The minimum Gasteiger partial charge on any atom is -0.368 e. The zero-order valence-electron chi connectivity index (χ0n) is 16.3. The maximum absolute atomic E-state index is 13.5. The number of Topliss-reactive ketones (excluding diaryl/α,β-unsaturated/α-hetero) is 1. The molecule has 5 nitrogen and oxygen atoms in total. The molecule has 0 unspecified atom stereocenters. The molecule has 3 atom stereocenters. The van der Waals surface area contributed by atoms with E-state index in [9.17, 15) is 14.0 Å². The average molecular weight is 397 g/mol. The van der Waals surface area contributed by atoms with Crippen LogP contribution >= 0.6 is 0 Å². The summed E-state index contributed by atoms with van der Waals surface area (Å²) in [4.78, 5) is 27.5. The Labute approximate surface area is 169 Å². The molecule has 29 heavy (non-hydrogen) atoms. The van der Waals surface area contributed by atoms with E-state index in [0.717, 1.165) is 17.5 Å². The second kappa shape index (κ2) is 8.43. The van der Waals surface area contributed by atoms with Gasteiger partial charge in [0.1, 0.15) is 18.0 Å². The number of amides is 1. The molecule has 2 aliphatic rings. The summed E-state index contributed by atoms with van der Waals surface area (Å²) in [5.74, 6) is -0.636. The van der Waals surface area contributed by atoms with Crippen LogP contribution in [0.1, 0.15) is 36.1 Å². The molecule has 1 saturated heterocycles. The number of halogens is 1. The number of fused-ring (bicyclic) bond motifs is 1. The van der Waals surface area contributed by atoms with Gasteiger partial charge in [0.2, 0.25) is 0 Å². The van der Waals surface area contributed by atoms with Gasteiger partial charge in [-0.1, -0.05) is 36.4 Å². The molecule has 2 aromatic carbocycles. The molecule has 1 amide bonds. The zero-order chi connectivity index (χ0) is 20.4. The van der Waals surface area contributed by atoms with Crippen LogP contribution in [0.5, 0.6) is 0 Å². The lowest BCUT2D eigenvalue weighted by Gasteiger charge is -2.40. The van der Waals surface area contributed by atoms with Gasteiger partial charge in [0, 0.05) is 19.6 Å². The highest BCUT2D eigenvalue weighted by molar-refractivity contribution is 5.92. The van der Waals surface area contributed by atoms with Crippen molar-refractivity contribution >= 4 is 11.7 Å². The van der Waals surface area contributed by atoms with Crippen molar-refractivity contribution in [1.82, 2.24) is 4.90 Å². The number of hydrogen-bond acceptors (Lipinski definition) is 4. The number of ketones is 1. The molecule has 0 radical (unpaired) electrons. The third-order valence-electron chi connectivity index (χ3n) is 5.59. The van der Waals surface area contributed by atoms with Crippen molar-refractivity contribution in [1.29, 1.82) is 0 Å². The third kappa shape index (κ3) is 3.95. The Kier molecular flexibility index (Phi) is 5.74. The largest absolute Gasteiger partial charge is 0.368 e. The molecule has 0 aliphatic carbocycles. The summed E-state index contributed by atoms with van der Waals surface area (Å²) < 4.78 is 24.6. The van der Waals surface area contributed by atoms with Gasteiger partial charge in [-0.3, -0.25) is 9.59 Å². The maximum Gasteiger partial charge on any atom is 0.252 e. The smallest absolute Gasteiger partial charge is 0.252 e. The van der Waals surface area contributed by atoms with Crippen LogP contribution in [0.4, 0.5) is 4.39 Å². The van der Waals surface area contributed by atoms with E-state index in [1.54, 1.807) is 17.0 Å². The van der Waals surface area contributed by atoms with Gasteiger partial charge < -0.3 is 14.4 Å². The Morgan fingerprint density at radius 1 is 1.21 bits per heavy atom. The molecule has 4 rings (SSSR count). The van der Waals surface area contributed by atoms with Crippen LogP contribution in [0.15, 0.2) is 48.5 Å². The van der Waals surface area contributed by atoms with Gasteiger partial charge in [-0.25, -0.2) is 4.39 Å². The van der Waals surface area contributed by atoms with E-state index < -0.39 is 12.2 Å². The Morgan fingerprint density at radius 3 is 2.69 bits per heavy atom. The predicted octanol–water partition coefficient (Wildman–Crippen LogP) is 3.06. The Bertz CT molecular complexity index is 898. The SMILES string of the molecule is CCO[C@H]1CO[C@@H](C(=O)N2CCc3ccccc3[C@@H]2c2ccc(F)cc2)CC1=O. The number of ether oxygens (including phenoxy) is 2. The van der Waals surface area contributed by atoms with Gasteiger partial charge in [-0.2, -0.15) is 0 Å². The molecular weight excluding hydrogens is 373 g/mol. The number of benzene rings is 2. The molecule has 0 aromatic heterocycles. The van der Waals surface area contributed by atoms with E-state index >= 15 is 0 Å². The van der Waals surface area contributed by atoms with Crippen LogP contribution in [-0.4, -0.2) is 48.6 Å². The first-order valence-corrected chi connectivity index (χ1v) is 9.98. The summed E-state index contributed by atoms with van der Waals surface area (Å²) in [6, 6.07) is 13.9. The first-order valence-electron chi connectivity index (χ1n) is 9.98. The molecule has 2 aromatic rings. The van der Waals surface area contributed by atoms with Gasteiger partial charge in [0.05, 0.1) is 12.6 Å². The molecule has 0 bridgehead atoms. The topological polar surface area (TPSA) is 55.8 Å². The van der Waals surface area contributed by atoms with Crippen molar-refractivity contribution in [2.45, 2.75) is 38.0 Å². The van der Waals surface area contributed by atoms with E-state index in [1.807, 2.05) is 25.1 Å². The van der Waals surface area contributed by atoms with E-state index in [4.69, 9.17) is 9.47 Å². The van der Waals surface area contributed by atoms with Crippen molar-refractivity contribution < 1.29 is 23.5 Å². The Hall–Kier alpha value is -2.57. The molecule has 2 aliphatic heterocycles. The van der Waals surface area contributed by atoms with Crippen LogP contribution < -0.4 is 0 Å². The van der Waals surface area contributed by atoms with Crippen LogP contribution in [0.25, 0.3) is 0 Å². The van der Waals surface area contributed by atoms with Crippen LogP contribution in [0.2, 0.25) is 0 Å². The van der Waals surface area contributed by atoms with Crippen molar-refractivity contribution in [2.75, 3.05) is 19.8 Å². The molecule has 1 fully saturated rings. The lowest BCUT2D eigenvalue weighted by Crippen LogP contribution is -2.50. The summed E-state index contributed by atoms with van der Waals surface area (Å²) in [7, 11) is 0.